The quantitative estimate of drug-likeness (QED) is 0.550. The predicted octanol–water partition coefficient (Wildman–Crippen LogP) is 4.93. The van der Waals surface area contributed by atoms with Crippen LogP contribution in [0.3, 0.4) is 0 Å². The van der Waals surface area contributed by atoms with Crippen LogP contribution in [0.1, 0.15) is 48.3 Å². The van der Waals surface area contributed by atoms with Gasteiger partial charge in [0.2, 0.25) is 5.91 Å². The Morgan fingerprint density at radius 1 is 1.03 bits per heavy atom. The second-order valence-corrected chi connectivity index (χ2v) is 7.21. The van der Waals surface area contributed by atoms with E-state index in [0.29, 0.717) is 23.8 Å². The van der Waals surface area contributed by atoms with Crippen LogP contribution in [0.4, 0.5) is 11.4 Å². The Morgan fingerprint density at radius 2 is 1.73 bits per heavy atom. The molecule has 6 heteroatoms. The number of hydrogen-bond acceptors (Lipinski definition) is 3. The Morgan fingerprint density at radius 3 is 2.37 bits per heavy atom. The first-order valence-corrected chi connectivity index (χ1v) is 9.99. The summed E-state index contributed by atoms with van der Waals surface area (Å²) < 4.78 is 1.61. The smallest absolute Gasteiger partial charge is 0.278 e. The van der Waals surface area contributed by atoms with Crippen LogP contribution in [-0.4, -0.2) is 21.6 Å². The molecular weight excluding hydrogens is 376 g/mol. The lowest BCUT2D eigenvalue weighted by Gasteiger charge is -2.05. The maximum Gasteiger partial charge on any atom is 0.278 e. The molecule has 2 amide bonds. The van der Waals surface area contributed by atoms with Gasteiger partial charge in [-0.05, 0) is 42.2 Å². The van der Waals surface area contributed by atoms with E-state index in [1.54, 1.807) is 29.1 Å². The molecule has 2 aromatic carbocycles. The topological polar surface area (TPSA) is 76.0 Å². The van der Waals surface area contributed by atoms with Crippen molar-refractivity contribution in [1.29, 1.82) is 0 Å². The molecule has 1 aromatic heterocycles. The van der Waals surface area contributed by atoms with Gasteiger partial charge in [0.05, 0.1) is 5.69 Å². The maximum absolute atomic E-state index is 12.7. The van der Waals surface area contributed by atoms with Gasteiger partial charge in [-0.25, -0.2) is 0 Å². The average molecular weight is 402 g/mol. The van der Waals surface area contributed by atoms with Gasteiger partial charge in [0, 0.05) is 24.5 Å². The monoisotopic (exact) mass is 402 g/mol. The number of hydrogen-bond donors (Lipinski definition) is 2. The molecule has 0 spiro atoms. The summed E-state index contributed by atoms with van der Waals surface area (Å²) in [5.41, 5.74) is 3.38. The van der Waals surface area contributed by atoms with Crippen molar-refractivity contribution in [1.82, 2.24) is 9.78 Å². The zero-order chi connectivity index (χ0) is 21.5. The first-order valence-electron chi connectivity index (χ1n) is 9.99. The Balaban J connectivity index is 1.71. The standard InChI is InChI=1S/C24H26N4O2/c1-4-28-16-21(23(27-28)24(30)25-20-8-6-5-7-9-20)26-22(29)15-12-18-10-13-19(14-11-18)17(2)3/h5-17H,4H2,1-3H3,(H,25,30)(H,26,29)/b15-12+. The highest BCUT2D eigenvalue weighted by Crippen LogP contribution is 2.18. The molecule has 0 aliphatic rings. The molecule has 0 aliphatic heterocycles. The zero-order valence-electron chi connectivity index (χ0n) is 17.4. The number of benzene rings is 2. The largest absolute Gasteiger partial charge is 0.321 e. The average Bonchev–Trinajstić information content (AvgIpc) is 3.16. The van der Waals surface area contributed by atoms with Crippen molar-refractivity contribution in [2.45, 2.75) is 33.2 Å². The maximum atomic E-state index is 12.7. The second-order valence-electron chi connectivity index (χ2n) is 7.21. The molecular formula is C24H26N4O2. The van der Waals surface area contributed by atoms with Gasteiger partial charge in [0.1, 0.15) is 0 Å². The molecule has 1 heterocycles. The van der Waals surface area contributed by atoms with Crippen LogP contribution >= 0.6 is 0 Å². The number of carbonyl (C=O) groups is 2. The lowest BCUT2D eigenvalue weighted by Crippen LogP contribution is -2.17. The fourth-order valence-electron chi connectivity index (χ4n) is 2.89. The summed E-state index contributed by atoms with van der Waals surface area (Å²) in [6.07, 6.45) is 4.85. The molecule has 0 fully saturated rings. The van der Waals surface area contributed by atoms with Crippen LogP contribution < -0.4 is 10.6 Å². The fourth-order valence-corrected chi connectivity index (χ4v) is 2.89. The number of para-hydroxylation sites is 1. The van der Waals surface area contributed by atoms with E-state index >= 15 is 0 Å². The summed E-state index contributed by atoms with van der Waals surface area (Å²) >= 11 is 0. The van der Waals surface area contributed by atoms with Crippen LogP contribution in [0.2, 0.25) is 0 Å². The lowest BCUT2D eigenvalue weighted by molar-refractivity contribution is -0.111. The van der Waals surface area contributed by atoms with E-state index < -0.39 is 0 Å². The first kappa shape index (κ1) is 21.0. The van der Waals surface area contributed by atoms with Crippen LogP contribution in [0.5, 0.6) is 0 Å². The molecule has 0 atom stereocenters. The SMILES string of the molecule is CCn1cc(NC(=O)/C=C/c2ccc(C(C)C)cc2)c(C(=O)Nc2ccccc2)n1. The second kappa shape index (κ2) is 9.69. The minimum Gasteiger partial charge on any atom is -0.321 e. The molecule has 3 rings (SSSR count). The molecule has 154 valence electrons. The zero-order valence-corrected chi connectivity index (χ0v) is 17.4. The van der Waals surface area contributed by atoms with Crippen molar-refractivity contribution in [2.24, 2.45) is 0 Å². The highest BCUT2D eigenvalue weighted by Gasteiger charge is 2.18. The van der Waals surface area contributed by atoms with Gasteiger partial charge in [-0.15, -0.1) is 0 Å². The summed E-state index contributed by atoms with van der Waals surface area (Å²) in [7, 11) is 0. The number of aryl methyl sites for hydroxylation is 1. The molecule has 6 nitrogen and oxygen atoms in total. The number of aromatic nitrogens is 2. The molecule has 0 radical (unpaired) electrons. The van der Waals surface area contributed by atoms with E-state index in [9.17, 15) is 9.59 Å². The van der Waals surface area contributed by atoms with E-state index in [1.165, 1.54) is 11.6 Å². The number of nitrogens with zero attached hydrogens (tertiary/aromatic N) is 2. The highest BCUT2D eigenvalue weighted by atomic mass is 16.2. The van der Waals surface area contributed by atoms with Gasteiger partial charge < -0.3 is 10.6 Å². The summed E-state index contributed by atoms with van der Waals surface area (Å²) in [5.74, 6) is -0.244. The fraction of sp³-hybridized carbons (Fsp3) is 0.208. The van der Waals surface area contributed by atoms with Crippen LogP contribution in [-0.2, 0) is 11.3 Å². The summed E-state index contributed by atoms with van der Waals surface area (Å²) in [5, 5.41) is 9.85. The molecule has 0 bridgehead atoms. The van der Waals surface area contributed by atoms with Gasteiger partial charge in [-0.3, -0.25) is 14.3 Å². The molecule has 2 N–H and O–H groups in total. The van der Waals surface area contributed by atoms with Crippen LogP contribution in [0.15, 0.2) is 66.9 Å². The van der Waals surface area contributed by atoms with E-state index in [1.807, 2.05) is 37.3 Å². The van der Waals surface area contributed by atoms with Gasteiger partial charge in [-0.2, -0.15) is 5.10 Å². The van der Waals surface area contributed by atoms with Crippen LogP contribution in [0, 0.1) is 0 Å². The van der Waals surface area contributed by atoms with Crippen LogP contribution in [0.25, 0.3) is 6.08 Å². The lowest BCUT2D eigenvalue weighted by atomic mass is 10.0. The van der Waals surface area contributed by atoms with Crippen molar-refractivity contribution in [3.8, 4) is 0 Å². The van der Waals surface area contributed by atoms with Gasteiger partial charge >= 0.3 is 0 Å². The minimum atomic E-state index is -0.378. The molecule has 30 heavy (non-hydrogen) atoms. The molecule has 3 aromatic rings. The number of carbonyl (C=O) groups excluding carboxylic acids is 2. The summed E-state index contributed by atoms with van der Waals surface area (Å²) in [6, 6.07) is 17.2. The summed E-state index contributed by atoms with van der Waals surface area (Å²) in [6.45, 7) is 6.78. The molecule has 0 saturated carbocycles. The van der Waals surface area contributed by atoms with E-state index in [0.717, 1.165) is 5.56 Å². The normalized spacial score (nSPS) is 11.1. The van der Waals surface area contributed by atoms with Crippen molar-refractivity contribution in [3.05, 3.63) is 83.7 Å². The number of nitrogens with one attached hydrogen (secondary N) is 2. The number of amides is 2. The number of anilines is 2. The van der Waals surface area contributed by atoms with E-state index in [-0.39, 0.29) is 17.5 Å². The number of rotatable bonds is 7. The first-order chi connectivity index (χ1) is 14.5. The molecule has 0 aliphatic carbocycles. The van der Waals surface area contributed by atoms with Gasteiger partial charge in [-0.1, -0.05) is 56.3 Å². The minimum absolute atomic E-state index is 0.170. The Hall–Kier alpha value is -3.67. The Labute approximate surface area is 176 Å². The Bertz CT molecular complexity index is 1030. The van der Waals surface area contributed by atoms with Gasteiger partial charge in [0.15, 0.2) is 5.69 Å². The third-order valence-corrected chi connectivity index (χ3v) is 4.62. The Kier molecular flexibility index (Phi) is 6.80. The van der Waals surface area contributed by atoms with Crippen molar-refractivity contribution < 1.29 is 9.59 Å². The highest BCUT2D eigenvalue weighted by molar-refractivity contribution is 6.10. The third kappa shape index (κ3) is 5.44. The van der Waals surface area contributed by atoms with Crippen molar-refractivity contribution in [3.63, 3.8) is 0 Å². The van der Waals surface area contributed by atoms with Gasteiger partial charge in [0.25, 0.3) is 5.91 Å². The van der Waals surface area contributed by atoms with E-state index in [2.05, 4.69) is 41.7 Å². The predicted molar refractivity (Wildman–Crippen MR) is 120 cm³/mol. The third-order valence-electron chi connectivity index (χ3n) is 4.62. The van der Waals surface area contributed by atoms with E-state index in [4.69, 9.17) is 0 Å². The van der Waals surface area contributed by atoms with Crippen molar-refractivity contribution in [2.75, 3.05) is 10.6 Å². The summed E-state index contributed by atoms with van der Waals surface area (Å²) in [4.78, 5) is 25.1. The molecule has 0 unspecified atom stereocenters. The molecule has 0 saturated heterocycles. The van der Waals surface area contributed by atoms with Crippen molar-refractivity contribution >= 4 is 29.3 Å².